The first-order chi connectivity index (χ1) is 6.79. The maximum Gasteiger partial charge on any atom is 0.0365 e. The maximum absolute atomic E-state index is 4.30. The van der Waals surface area contributed by atoms with Crippen LogP contribution in [0, 0.1) is 0 Å². The molecule has 0 spiro atoms. The van der Waals surface area contributed by atoms with Crippen molar-refractivity contribution < 1.29 is 0 Å². The molecular formula is C8H18S6. The van der Waals surface area contributed by atoms with Crippen LogP contribution in [-0.2, 0) is 0 Å². The van der Waals surface area contributed by atoms with Crippen LogP contribution in [0.4, 0.5) is 0 Å². The highest BCUT2D eigenvalue weighted by atomic mass is 32.2. The third kappa shape index (κ3) is 7.39. The zero-order valence-corrected chi connectivity index (χ0v) is 13.2. The van der Waals surface area contributed by atoms with Gasteiger partial charge in [0, 0.05) is 20.7 Å². The van der Waals surface area contributed by atoms with E-state index in [0.29, 0.717) is 10.5 Å². The summed E-state index contributed by atoms with van der Waals surface area (Å²) in [5.41, 5.74) is 0. The van der Waals surface area contributed by atoms with Crippen molar-refractivity contribution in [2.75, 3.05) is 21.7 Å². The molecule has 14 heavy (non-hydrogen) atoms. The third-order valence-electron chi connectivity index (χ3n) is 1.82. The van der Waals surface area contributed by atoms with Gasteiger partial charge in [0.25, 0.3) is 0 Å². The Hall–Kier alpha value is 2.10. The highest BCUT2D eigenvalue weighted by molar-refractivity contribution is 8.12. The zero-order chi connectivity index (χ0) is 10.8. The fraction of sp³-hybridized carbons (Fsp3) is 1.00. The van der Waals surface area contributed by atoms with Crippen molar-refractivity contribution in [3.05, 3.63) is 0 Å². The Balaban J connectivity index is 4.06. The summed E-state index contributed by atoms with van der Waals surface area (Å²) < 4.78 is 0. The van der Waals surface area contributed by atoms with Crippen molar-refractivity contribution >= 4 is 74.0 Å². The van der Waals surface area contributed by atoms with E-state index >= 15 is 0 Å². The smallest absolute Gasteiger partial charge is 0.0365 e. The van der Waals surface area contributed by atoms with Crippen molar-refractivity contribution in [3.63, 3.8) is 0 Å². The van der Waals surface area contributed by atoms with Gasteiger partial charge in [-0.2, -0.15) is 50.5 Å². The van der Waals surface area contributed by atoms with Crippen LogP contribution < -0.4 is 0 Å². The van der Waals surface area contributed by atoms with Crippen LogP contribution in [0.1, 0.15) is 12.8 Å². The van der Waals surface area contributed by atoms with Gasteiger partial charge < -0.3 is 0 Å². The molecule has 0 fully saturated rings. The van der Waals surface area contributed by atoms with Crippen LogP contribution >= 0.6 is 74.0 Å². The van der Waals surface area contributed by atoms with Crippen molar-refractivity contribution in [1.29, 1.82) is 0 Å². The molecule has 0 aromatic carbocycles. The first-order valence-corrected chi connectivity index (χ1v) is 9.09. The molecule has 0 rings (SSSR count). The van der Waals surface area contributed by atoms with Gasteiger partial charge >= 0.3 is 0 Å². The molecule has 0 bridgehead atoms. The highest BCUT2D eigenvalue weighted by Gasteiger charge is 2.20. The summed E-state index contributed by atoms with van der Waals surface area (Å²) >= 11 is 21.0. The Kier molecular flexibility index (Phi) is 13.3. The quantitative estimate of drug-likeness (QED) is 0.380. The lowest BCUT2D eigenvalue weighted by Crippen LogP contribution is -2.21. The van der Waals surface area contributed by atoms with Crippen LogP contribution in [0.5, 0.6) is 0 Å². The summed E-state index contributed by atoms with van der Waals surface area (Å²) in [5.74, 6) is 1.89. The van der Waals surface area contributed by atoms with Gasteiger partial charge in [-0.15, -0.1) is 23.5 Å². The monoisotopic (exact) mass is 306 g/mol. The van der Waals surface area contributed by atoms with Crippen molar-refractivity contribution in [1.82, 2.24) is 0 Å². The number of rotatable bonds is 9. The van der Waals surface area contributed by atoms with E-state index in [1.54, 1.807) is 0 Å². The molecule has 0 aliphatic rings. The maximum atomic E-state index is 4.30. The molecule has 0 saturated carbocycles. The standard InChI is InChI=1S/C8H18S6/c9-3-1-7(13-5-11)8(2-4-10)14-6-12/h7-12H,1-6H2. The first kappa shape index (κ1) is 16.1. The van der Waals surface area contributed by atoms with E-state index < -0.39 is 0 Å². The second kappa shape index (κ2) is 11.6. The van der Waals surface area contributed by atoms with Gasteiger partial charge in [0.05, 0.1) is 0 Å². The molecule has 0 nitrogen and oxygen atoms in total. The fourth-order valence-electron chi connectivity index (χ4n) is 1.20. The van der Waals surface area contributed by atoms with Gasteiger partial charge in [-0.1, -0.05) is 0 Å². The Morgan fingerprint density at radius 2 is 1.07 bits per heavy atom. The lowest BCUT2D eigenvalue weighted by molar-refractivity contribution is 0.750. The van der Waals surface area contributed by atoms with Gasteiger partial charge in [0.1, 0.15) is 0 Å². The Morgan fingerprint density at radius 1 is 0.714 bits per heavy atom. The van der Waals surface area contributed by atoms with Crippen molar-refractivity contribution in [2.24, 2.45) is 0 Å². The summed E-state index contributed by atoms with van der Waals surface area (Å²) in [4.78, 5) is 0. The van der Waals surface area contributed by atoms with Crippen LogP contribution in [-0.4, -0.2) is 32.2 Å². The largest absolute Gasteiger partial charge is 0.179 e. The molecule has 0 saturated heterocycles. The van der Waals surface area contributed by atoms with Crippen LogP contribution in [0.25, 0.3) is 0 Å². The average molecular weight is 307 g/mol. The molecule has 0 aromatic heterocycles. The van der Waals surface area contributed by atoms with Gasteiger partial charge in [-0.05, 0) is 24.3 Å². The minimum Gasteiger partial charge on any atom is -0.179 e. The number of thiol groups is 4. The molecule has 2 unspecified atom stereocenters. The molecule has 0 heterocycles. The summed E-state index contributed by atoms with van der Waals surface area (Å²) in [6.07, 6.45) is 2.29. The second-order valence-electron chi connectivity index (χ2n) is 2.69. The highest BCUT2D eigenvalue weighted by Crippen LogP contribution is 2.31. The molecule has 2 atom stereocenters. The average Bonchev–Trinajstić information content (AvgIpc) is 2.17. The molecule has 0 aromatic rings. The lowest BCUT2D eigenvalue weighted by atomic mass is 10.2. The number of hydrogen-bond donors (Lipinski definition) is 4. The van der Waals surface area contributed by atoms with E-state index in [-0.39, 0.29) is 0 Å². The summed E-state index contributed by atoms with van der Waals surface area (Å²) in [6, 6.07) is 0. The van der Waals surface area contributed by atoms with Crippen molar-refractivity contribution in [2.45, 2.75) is 23.3 Å². The van der Waals surface area contributed by atoms with E-state index in [0.717, 1.165) is 34.5 Å². The first-order valence-electron chi connectivity index (χ1n) is 4.46. The van der Waals surface area contributed by atoms with Crippen molar-refractivity contribution in [3.8, 4) is 0 Å². The summed E-state index contributed by atoms with van der Waals surface area (Å²) in [5, 5.41) is 3.06. The number of thioether (sulfide) groups is 2. The van der Waals surface area contributed by atoms with Crippen LogP contribution in [0.3, 0.4) is 0 Å². The Morgan fingerprint density at radius 3 is 1.29 bits per heavy atom. The van der Waals surface area contributed by atoms with Crippen LogP contribution in [0.15, 0.2) is 0 Å². The third-order valence-corrected chi connectivity index (χ3v) is 5.69. The molecule has 0 aliphatic heterocycles. The van der Waals surface area contributed by atoms with E-state index in [1.807, 2.05) is 23.5 Å². The summed E-state index contributed by atoms with van der Waals surface area (Å²) in [7, 11) is 0. The van der Waals surface area contributed by atoms with E-state index in [1.165, 1.54) is 0 Å². The molecule has 0 N–H and O–H groups in total. The van der Waals surface area contributed by atoms with Crippen LogP contribution in [0.2, 0.25) is 0 Å². The Labute approximate surface area is 118 Å². The molecule has 0 radical (unpaired) electrons. The minimum atomic E-state index is 0.647. The normalized spacial score (nSPS) is 15.4. The van der Waals surface area contributed by atoms with E-state index in [9.17, 15) is 0 Å². The zero-order valence-electron chi connectivity index (χ0n) is 8.00. The van der Waals surface area contributed by atoms with Gasteiger partial charge in [0.2, 0.25) is 0 Å². The topological polar surface area (TPSA) is 0 Å². The van der Waals surface area contributed by atoms with Gasteiger partial charge in [0.15, 0.2) is 0 Å². The fourth-order valence-corrected chi connectivity index (χ4v) is 5.38. The van der Waals surface area contributed by atoms with E-state index in [4.69, 9.17) is 0 Å². The minimum absolute atomic E-state index is 0.647. The SMILES string of the molecule is SCCC(SCS)C(CCS)SCS. The molecule has 0 aliphatic carbocycles. The molecule has 0 amide bonds. The van der Waals surface area contributed by atoms with E-state index in [2.05, 4.69) is 50.5 Å². The molecular weight excluding hydrogens is 288 g/mol. The number of hydrogen-bond acceptors (Lipinski definition) is 6. The Bertz CT molecular complexity index is 94.4. The predicted molar refractivity (Wildman–Crippen MR) is 87.4 cm³/mol. The predicted octanol–water partition coefficient (Wildman–Crippen LogP) is 3.60. The molecule has 6 heteroatoms. The van der Waals surface area contributed by atoms with Gasteiger partial charge in [-0.25, -0.2) is 0 Å². The van der Waals surface area contributed by atoms with Gasteiger partial charge in [-0.3, -0.25) is 0 Å². The molecule has 86 valence electrons. The summed E-state index contributed by atoms with van der Waals surface area (Å²) in [6.45, 7) is 0. The lowest BCUT2D eigenvalue weighted by Gasteiger charge is -2.24. The second-order valence-corrected chi connectivity index (χ2v) is 7.53.